The summed E-state index contributed by atoms with van der Waals surface area (Å²) in [6, 6.07) is 11.7. The van der Waals surface area contributed by atoms with Crippen molar-refractivity contribution in [2.45, 2.75) is 74.5 Å². The van der Waals surface area contributed by atoms with Gasteiger partial charge in [-0.25, -0.2) is 8.42 Å². The van der Waals surface area contributed by atoms with Crippen molar-refractivity contribution >= 4 is 27.5 Å². The van der Waals surface area contributed by atoms with Gasteiger partial charge in [-0.05, 0) is 81.0 Å². The van der Waals surface area contributed by atoms with Crippen LogP contribution in [-0.2, 0) is 26.8 Å². The van der Waals surface area contributed by atoms with Gasteiger partial charge in [-0.15, -0.1) is 0 Å². The standard InChI is InChI=1S/C25H30N4O4S/c1-25(2,26)17-4-8-21(9-5-17)34(32,33)29-19-6-7-20(29)14-18(13-19)27-24(31)15-3-10-22-16(11-15)12-23(30)28-22/h3-5,8-11,18-20H,6-7,12-14,26H2,1-2H3,(H,27,31)(H,28,30)/t18-,19-,20+. The third kappa shape index (κ3) is 4.12. The van der Waals surface area contributed by atoms with Crippen LogP contribution in [0, 0.1) is 0 Å². The molecule has 0 unspecified atom stereocenters. The largest absolute Gasteiger partial charge is 0.349 e. The number of hydrogen-bond acceptors (Lipinski definition) is 5. The molecule has 34 heavy (non-hydrogen) atoms. The molecule has 0 saturated carbocycles. The lowest BCUT2D eigenvalue weighted by Gasteiger charge is -2.38. The van der Waals surface area contributed by atoms with Gasteiger partial charge in [0.2, 0.25) is 15.9 Å². The summed E-state index contributed by atoms with van der Waals surface area (Å²) < 4.78 is 28.6. The van der Waals surface area contributed by atoms with E-state index < -0.39 is 15.6 Å². The van der Waals surface area contributed by atoms with Crippen molar-refractivity contribution in [2.24, 2.45) is 5.73 Å². The molecule has 180 valence electrons. The van der Waals surface area contributed by atoms with E-state index in [-0.39, 0.29) is 41.3 Å². The topological polar surface area (TPSA) is 122 Å². The fraction of sp³-hybridized carbons (Fsp3) is 0.440. The molecule has 0 spiro atoms. The molecule has 0 radical (unpaired) electrons. The lowest BCUT2D eigenvalue weighted by atomic mass is 9.96. The van der Waals surface area contributed by atoms with Crippen LogP contribution in [0.25, 0.3) is 0 Å². The van der Waals surface area contributed by atoms with Crippen LogP contribution in [0.2, 0.25) is 0 Å². The van der Waals surface area contributed by atoms with E-state index in [1.807, 2.05) is 13.8 Å². The van der Waals surface area contributed by atoms with E-state index in [1.165, 1.54) is 0 Å². The number of benzene rings is 2. The van der Waals surface area contributed by atoms with Gasteiger partial charge in [0.15, 0.2) is 0 Å². The molecule has 3 heterocycles. The summed E-state index contributed by atoms with van der Waals surface area (Å²) in [7, 11) is -3.64. The molecule has 3 aliphatic heterocycles. The van der Waals surface area contributed by atoms with E-state index in [0.717, 1.165) is 29.7 Å². The van der Waals surface area contributed by atoms with Gasteiger partial charge in [0.25, 0.3) is 5.91 Å². The highest BCUT2D eigenvalue weighted by atomic mass is 32.2. The zero-order chi connectivity index (χ0) is 24.3. The summed E-state index contributed by atoms with van der Waals surface area (Å²) in [4.78, 5) is 24.7. The van der Waals surface area contributed by atoms with E-state index in [9.17, 15) is 18.0 Å². The molecule has 0 aliphatic carbocycles. The van der Waals surface area contributed by atoms with Crippen molar-refractivity contribution in [1.82, 2.24) is 9.62 Å². The highest BCUT2D eigenvalue weighted by Crippen LogP contribution is 2.40. The number of carbonyl (C=O) groups is 2. The number of piperidine rings is 1. The average Bonchev–Trinajstić information content (AvgIpc) is 3.29. The molecule has 2 aromatic rings. The molecule has 9 heteroatoms. The average molecular weight is 483 g/mol. The molecular formula is C25H30N4O4S. The van der Waals surface area contributed by atoms with Crippen LogP contribution in [-0.4, -0.2) is 42.7 Å². The molecule has 3 atom stereocenters. The fourth-order valence-electron chi connectivity index (χ4n) is 5.46. The predicted octanol–water partition coefficient (Wildman–Crippen LogP) is 2.49. The molecular weight excluding hydrogens is 452 g/mol. The third-order valence-electron chi connectivity index (χ3n) is 7.17. The molecule has 2 amide bonds. The first-order chi connectivity index (χ1) is 16.0. The Bertz CT molecular complexity index is 1240. The van der Waals surface area contributed by atoms with Crippen molar-refractivity contribution in [1.29, 1.82) is 0 Å². The van der Waals surface area contributed by atoms with Crippen LogP contribution < -0.4 is 16.4 Å². The summed E-state index contributed by atoms with van der Waals surface area (Å²) in [6.07, 6.45) is 3.02. The number of carbonyl (C=O) groups excluding carboxylic acids is 2. The zero-order valence-electron chi connectivity index (χ0n) is 19.4. The summed E-state index contributed by atoms with van der Waals surface area (Å²) >= 11 is 0. The lowest BCUT2D eigenvalue weighted by molar-refractivity contribution is -0.115. The molecule has 4 N–H and O–H groups in total. The predicted molar refractivity (Wildman–Crippen MR) is 129 cm³/mol. The number of sulfonamides is 1. The molecule has 2 saturated heterocycles. The van der Waals surface area contributed by atoms with Crippen molar-refractivity contribution in [3.05, 3.63) is 59.2 Å². The fourth-order valence-corrected chi connectivity index (χ4v) is 7.35. The number of nitrogens with two attached hydrogens (primary N) is 1. The molecule has 8 nitrogen and oxygen atoms in total. The Labute approximate surface area is 199 Å². The number of rotatable bonds is 5. The van der Waals surface area contributed by atoms with Crippen LogP contribution in [0.3, 0.4) is 0 Å². The zero-order valence-corrected chi connectivity index (χ0v) is 20.2. The number of hydrogen-bond donors (Lipinski definition) is 3. The second-order valence-corrected chi connectivity index (χ2v) is 12.0. The lowest BCUT2D eigenvalue weighted by Crippen LogP contribution is -2.52. The van der Waals surface area contributed by atoms with Crippen LogP contribution in [0.1, 0.15) is 61.0 Å². The van der Waals surface area contributed by atoms with Crippen molar-refractivity contribution in [3.63, 3.8) is 0 Å². The van der Waals surface area contributed by atoms with Gasteiger partial charge >= 0.3 is 0 Å². The van der Waals surface area contributed by atoms with Crippen LogP contribution in [0.5, 0.6) is 0 Å². The molecule has 5 rings (SSSR count). The van der Waals surface area contributed by atoms with E-state index in [4.69, 9.17) is 5.73 Å². The number of nitrogens with one attached hydrogen (secondary N) is 2. The molecule has 3 aliphatic rings. The smallest absolute Gasteiger partial charge is 0.251 e. The van der Waals surface area contributed by atoms with Gasteiger partial charge in [0.1, 0.15) is 0 Å². The highest BCUT2D eigenvalue weighted by Gasteiger charge is 2.47. The van der Waals surface area contributed by atoms with Gasteiger partial charge in [0.05, 0.1) is 11.3 Å². The molecule has 2 aromatic carbocycles. The molecule has 0 aromatic heterocycles. The van der Waals surface area contributed by atoms with Gasteiger partial charge in [-0.2, -0.15) is 4.31 Å². The van der Waals surface area contributed by atoms with Gasteiger partial charge < -0.3 is 16.4 Å². The minimum absolute atomic E-state index is 0.0703. The maximum Gasteiger partial charge on any atom is 0.251 e. The summed E-state index contributed by atoms with van der Waals surface area (Å²) in [5.74, 6) is -0.262. The SMILES string of the molecule is CC(C)(N)c1ccc(S(=O)(=O)N2[C@@H]3CC[C@H]2C[C@H](NC(=O)c2ccc4c(c2)CC(=O)N4)C3)cc1. The Kier molecular flexibility index (Phi) is 5.54. The summed E-state index contributed by atoms with van der Waals surface area (Å²) in [5.41, 5.74) is 8.56. The second kappa shape index (κ2) is 8.18. The number of anilines is 1. The maximum atomic E-state index is 13.5. The first-order valence-electron chi connectivity index (χ1n) is 11.7. The number of nitrogens with zero attached hydrogens (tertiary/aromatic N) is 1. The minimum Gasteiger partial charge on any atom is -0.349 e. The number of amides is 2. The van der Waals surface area contributed by atoms with Crippen molar-refractivity contribution in [2.75, 3.05) is 5.32 Å². The number of fused-ring (bicyclic) bond motifs is 3. The monoisotopic (exact) mass is 482 g/mol. The highest BCUT2D eigenvalue weighted by molar-refractivity contribution is 7.89. The van der Waals surface area contributed by atoms with Gasteiger partial charge in [-0.1, -0.05) is 12.1 Å². The first-order valence-corrected chi connectivity index (χ1v) is 13.1. The van der Waals surface area contributed by atoms with Crippen molar-refractivity contribution < 1.29 is 18.0 Å². The molecule has 2 bridgehead atoms. The van der Waals surface area contributed by atoms with Crippen molar-refractivity contribution in [3.8, 4) is 0 Å². The Balaban J connectivity index is 1.28. The molecule has 2 fully saturated rings. The minimum atomic E-state index is -3.64. The van der Waals surface area contributed by atoms with Gasteiger partial charge in [-0.3, -0.25) is 9.59 Å². The third-order valence-corrected chi connectivity index (χ3v) is 9.19. The normalized spacial score (nSPS) is 24.6. The van der Waals surface area contributed by atoms with Gasteiger partial charge in [0, 0.05) is 34.9 Å². The quantitative estimate of drug-likeness (QED) is 0.605. The van der Waals surface area contributed by atoms with E-state index in [1.54, 1.807) is 46.8 Å². The summed E-state index contributed by atoms with van der Waals surface area (Å²) in [6.45, 7) is 3.77. The van der Waals surface area contributed by atoms with Crippen LogP contribution >= 0.6 is 0 Å². The Morgan fingerprint density at radius 2 is 1.74 bits per heavy atom. The Hall–Kier alpha value is -2.75. The maximum absolute atomic E-state index is 13.5. The first kappa shape index (κ1) is 23.0. The second-order valence-electron chi connectivity index (χ2n) is 10.2. The summed E-state index contributed by atoms with van der Waals surface area (Å²) in [5, 5.41) is 5.86. The van der Waals surface area contributed by atoms with E-state index in [2.05, 4.69) is 10.6 Å². The van der Waals surface area contributed by atoms with Crippen LogP contribution in [0.15, 0.2) is 47.4 Å². The Morgan fingerprint density at radius 1 is 1.09 bits per heavy atom. The Morgan fingerprint density at radius 3 is 2.35 bits per heavy atom. The van der Waals surface area contributed by atoms with Crippen LogP contribution in [0.4, 0.5) is 5.69 Å². The van der Waals surface area contributed by atoms with E-state index in [0.29, 0.717) is 18.4 Å². The van der Waals surface area contributed by atoms with E-state index >= 15 is 0 Å².